The molecule has 0 saturated heterocycles. The van der Waals surface area contributed by atoms with Gasteiger partial charge in [-0.15, -0.1) is 24.0 Å². The maximum atomic E-state index is 9.98. The number of nitrogens with zero attached hydrogens (tertiary/aromatic N) is 1. The Bertz CT molecular complexity index is 404. The average molecular weight is 391 g/mol. The van der Waals surface area contributed by atoms with Crippen molar-refractivity contribution in [3.8, 4) is 0 Å². The van der Waals surface area contributed by atoms with Crippen molar-refractivity contribution in [3.63, 3.8) is 0 Å². The van der Waals surface area contributed by atoms with Gasteiger partial charge in [0, 0.05) is 6.54 Å². The zero-order chi connectivity index (χ0) is 14.3. The quantitative estimate of drug-likeness (QED) is 0.397. The minimum Gasteiger partial charge on any atom is -0.386 e. The van der Waals surface area contributed by atoms with Crippen molar-refractivity contribution >= 4 is 29.9 Å². The molecule has 0 aromatic heterocycles. The summed E-state index contributed by atoms with van der Waals surface area (Å²) in [5.41, 5.74) is 7.78. The molecule has 1 aromatic carbocycles. The third-order valence-corrected chi connectivity index (χ3v) is 2.92. The smallest absolute Gasteiger partial charge is 0.188 e. The molecule has 4 nitrogen and oxygen atoms in total. The van der Waals surface area contributed by atoms with Crippen molar-refractivity contribution in [3.05, 3.63) is 35.4 Å². The van der Waals surface area contributed by atoms with E-state index in [0.717, 1.165) is 18.5 Å². The van der Waals surface area contributed by atoms with Gasteiger partial charge in [0.2, 0.25) is 0 Å². The summed E-state index contributed by atoms with van der Waals surface area (Å²) < 4.78 is 0. The fourth-order valence-corrected chi connectivity index (χ4v) is 1.62. The molecule has 0 heterocycles. The van der Waals surface area contributed by atoms with Crippen LogP contribution in [0.3, 0.4) is 0 Å². The van der Waals surface area contributed by atoms with Gasteiger partial charge in [0.15, 0.2) is 5.96 Å². The van der Waals surface area contributed by atoms with Crippen molar-refractivity contribution < 1.29 is 5.11 Å². The van der Waals surface area contributed by atoms with Gasteiger partial charge in [-0.05, 0) is 24.8 Å². The molecule has 0 saturated carbocycles. The summed E-state index contributed by atoms with van der Waals surface area (Å²) in [6.45, 7) is 7.44. The number of aliphatic hydroxyl groups excluding tert-OH is 1. The molecular weight excluding hydrogens is 365 g/mol. The largest absolute Gasteiger partial charge is 0.386 e. The Morgan fingerprint density at radius 2 is 1.90 bits per heavy atom. The normalized spacial score (nSPS) is 12.9. The van der Waals surface area contributed by atoms with Gasteiger partial charge in [0.1, 0.15) is 0 Å². The number of rotatable bonds is 6. The highest BCUT2D eigenvalue weighted by Crippen LogP contribution is 2.13. The van der Waals surface area contributed by atoms with Crippen LogP contribution in [0.4, 0.5) is 0 Å². The van der Waals surface area contributed by atoms with E-state index in [1.807, 2.05) is 31.2 Å². The summed E-state index contributed by atoms with van der Waals surface area (Å²) in [5.74, 6) is 1.03. The van der Waals surface area contributed by atoms with Crippen LogP contribution in [0.2, 0.25) is 0 Å². The van der Waals surface area contributed by atoms with Crippen LogP contribution in [-0.2, 0) is 0 Å². The van der Waals surface area contributed by atoms with Crippen molar-refractivity contribution in [2.24, 2.45) is 16.6 Å². The van der Waals surface area contributed by atoms with Crippen LogP contribution in [0.25, 0.3) is 0 Å². The molecular formula is C15H26IN3O. The van der Waals surface area contributed by atoms with Gasteiger partial charge < -0.3 is 16.2 Å². The van der Waals surface area contributed by atoms with Crippen molar-refractivity contribution in [1.29, 1.82) is 0 Å². The van der Waals surface area contributed by atoms with Gasteiger partial charge in [0.05, 0.1) is 12.6 Å². The van der Waals surface area contributed by atoms with Crippen molar-refractivity contribution in [1.82, 2.24) is 5.32 Å². The Kier molecular flexibility index (Phi) is 9.58. The highest BCUT2D eigenvalue weighted by Gasteiger charge is 2.06. The summed E-state index contributed by atoms with van der Waals surface area (Å²) in [4.78, 5) is 4.15. The highest BCUT2D eigenvalue weighted by atomic mass is 127. The molecule has 0 aliphatic heterocycles. The lowest BCUT2D eigenvalue weighted by molar-refractivity contribution is 0.187. The van der Waals surface area contributed by atoms with Crippen molar-refractivity contribution in [2.75, 3.05) is 13.1 Å². The molecule has 1 unspecified atom stereocenters. The summed E-state index contributed by atoms with van der Waals surface area (Å²) in [6, 6.07) is 7.79. The molecule has 20 heavy (non-hydrogen) atoms. The number of nitrogens with one attached hydrogen (secondary N) is 1. The van der Waals surface area contributed by atoms with E-state index in [9.17, 15) is 5.11 Å². The first-order valence-electron chi connectivity index (χ1n) is 6.77. The fourth-order valence-electron chi connectivity index (χ4n) is 1.62. The van der Waals surface area contributed by atoms with Crippen LogP contribution in [0.5, 0.6) is 0 Å². The number of aliphatic imine (C=N–C) groups is 1. The number of aryl methyl sites for hydroxylation is 1. The second-order valence-electron chi connectivity index (χ2n) is 5.26. The number of guanidine groups is 1. The first kappa shape index (κ1) is 19.2. The lowest BCUT2D eigenvalue weighted by atomic mass is 10.1. The zero-order valence-electron chi connectivity index (χ0n) is 12.5. The molecule has 1 atom stereocenters. The molecule has 0 amide bonds. The lowest BCUT2D eigenvalue weighted by Gasteiger charge is -2.10. The minimum atomic E-state index is -0.606. The maximum absolute atomic E-state index is 9.98. The second kappa shape index (κ2) is 9.99. The van der Waals surface area contributed by atoms with E-state index in [1.54, 1.807) is 0 Å². The third-order valence-electron chi connectivity index (χ3n) is 2.92. The molecule has 4 N–H and O–H groups in total. The second-order valence-corrected chi connectivity index (χ2v) is 5.26. The van der Waals surface area contributed by atoms with Gasteiger partial charge in [-0.1, -0.05) is 43.7 Å². The summed E-state index contributed by atoms with van der Waals surface area (Å²) in [5, 5.41) is 13.0. The molecule has 114 valence electrons. The highest BCUT2D eigenvalue weighted by molar-refractivity contribution is 14.0. The van der Waals surface area contributed by atoms with E-state index < -0.39 is 6.10 Å². The predicted octanol–water partition coefficient (Wildman–Crippen LogP) is 2.60. The SMILES string of the molecule is Cc1ccc(C(O)CN=C(N)NCCC(C)C)cc1.I. The topological polar surface area (TPSA) is 70.6 Å². The summed E-state index contributed by atoms with van der Waals surface area (Å²) in [6.07, 6.45) is 0.447. The van der Waals surface area contributed by atoms with E-state index in [0.29, 0.717) is 11.9 Å². The minimum absolute atomic E-state index is 0. The molecule has 0 radical (unpaired) electrons. The van der Waals surface area contributed by atoms with E-state index in [-0.39, 0.29) is 30.5 Å². The van der Waals surface area contributed by atoms with Gasteiger partial charge in [-0.2, -0.15) is 0 Å². The van der Waals surface area contributed by atoms with E-state index in [1.165, 1.54) is 5.56 Å². The van der Waals surface area contributed by atoms with Crippen LogP contribution in [0.15, 0.2) is 29.3 Å². The van der Waals surface area contributed by atoms with Gasteiger partial charge in [-0.25, -0.2) is 0 Å². The Morgan fingerprint density at radius 3 is 2.45 bits per heavy atom. The van der Waals surface area contributed by atoms with E-state index in [2.05, 4.69) is 24.2 Å². The monoisotopic (exact) mass is 391 g/mol. The van der Waals surface area contributed by atoms with E-state index >= 15 is 0 Å². The number of hydrogen-bond acceptors (Lipinski definition) is 2. The molecule has 5 heteroatoms. The number of halogens is 1. The lowest BCUT2D eigenvalue weighted by Crippen LogP contribution is -2.33. The van der Waals surface area contributed by atoms with Crippen LogP contribution in [-0.4, -0.2) is 24.2 Å². The first-order valence-corrected chi connectivity index (χ1v) is 6.77. The fraction of sp³-hybridized carbons (Fsp3) is 0.533. The van der Waals surface area contributed by atoms with Crippen molar-refractivity contribution in [2.45, 2.75) is 33.3 Å². The zero-order valence-corrected chi connectivity index (χ0v) is 14.8. The summed E-state index contributed by atoms with van der Waals surface area (Å²) >= 11 is 0. The third kappa shape index (κ3) is 7.69. The Hall–Kier alpha value is -0.820. The van der Waals surface area contributed by atoms with Crippen LogP contribution >= 0.6 is 24.0 Å². The van der Waals surface area contributed by atoms with Crippen LogP contribution in [0, 0.1) is 12.8 Å². The number of nitrogens with two attached hydrogens (primary N) is 1. The Morgan fingerprint density at radius 1 is 1.30 bits per heavy atom. The Balaban J connectivity index is 0.00000361. The maximum Gasteiger partial charge on any atom is 0.188 e. The van der Waals surface area contributed by atoms with Gasteiger partial charge >= 0.3 is 0 Å². The van der Waals surface area contributed by atoms with E-state index in [4.69, 9.17) is 5.73 Å². The number of hydrogen-bond donors (Lipinski definition) is 3. The molecule has 0 aliphatic rings. The number of benzene rings is 1. The van der Waals surface area contributed by atoms with Gasteiger partial charge in [0.25, 0.3) is 0 Å². The molecule has 0 spiro atoms. The molecule has 0 aliphatic carbocycles. The molecule has 0 bridgehead atoms. The first-order chi connectivity index (χ1) is 8.99. The van der Waals surface area contributed by atoms with Gasteiger partial charge in [-0.3, -0.25) is 4.99 Å². The molecule has 1 aromatic rings. The van der Waals surface area contributed by atoms with Crippen LogP contribution < -0.4 is 11.1 Å². The predicted molar refractivity (Wildman–Crippen MR) is 95.5 cm³/mol. The summed E-state index contributed by atoms with van der Waals surface area (Å²) in [7, 11) is 0. The number of aliphatic hydroxyl groups is 1. The average Bonchev–Trinajstić information content (AvgIpc) is 2.36. The standard InChI is InChI=1S/C15H25N3O.HI/c1-11(2)8-9-17-15(16)18-10-14(19)13-6-4-12(3)5-7-13;/h4-7,11,14,19H,8-10H2,1-3H3,(H3,16,17,18);1H. The van der Waals surface area contributed by atoms with Crippen LogP contribution in [0.1, 0.15) is 37.5 Å². The molecule has 0 fully saturated rings. The Labute approximate surface area is 138 Å². The molecule has 1 rings (SSSR count).